The van der Waals surface area contributed by atoms with Gasteiger partial charge in [0.1, 0.15) is 12.4 Å². The summed E-state index contributed by atoms with van der Waals surface area (Å²) in [6, 6.07) is 6.01. The maximum Gasteiger partial charge on any atom is 0.227 e. The molecule has 134 valence electrons. The van der Waals surface area contributed by atoms with E-state index in [2.05, 4.69) is 5.32 Å². The van der Waals surface area contributed by atoms with Gasteiger partial charge in [0.15, 0.2) is 0 Å². The Morgan fingerprint density at radius 2 is 2.21 bits per heavy atom. The molecule has 6 heteroatoms. The van der Waals surface area contributed by atoms with Crippen LogP contribution < -0.4 is 15.8 Å². The average Bonchev–Trinajstić information content (AvgIpc) is 3.18. The minimum absolute atomic E-state index is 0. The summed E-state index contributed by atoms with van der Waals surface area (Å²) >= 11 is 0. The first kappa shape index (κ1) is 19.0. The molecule has 1 aromatic rings. The molecule has 1 aliphatic heterocycles. The third-order valence-corrected chi connectivity index (χ3v) is 4.69. The third kappa shape index (κ3) is 4.85. The molecule has 3 N–H and O–H groups in total. The molecule has 5 nitrogen and oxygen atoms in total. The van der Waals surface area contributed by atoms with Crippen LogP contribution in [0.3, 0.4) is 0 Å². The highest BCUT2D eigenvalue weighted by atomic mass is 35.5. The van der Waals surface area contributed by atoms with Crippen molar-refractivity contribution in [3.63, 3.8) is 0 Å². The molecule has 1 heterocycles. The molecule has 0 radical (unpaired) electrons. The average molecular weight is 355 g/mol. The highest BCUT2D eigenvalue weighted by molar-refractivity contribution is 5.94. The van der Waals surface area contributed by atoms with Gasteiger partial charge >= 0.3 is 0 Å². The lowest BCUT2D eigenvalue weighted by molar-refractivity contribution is -0.119. The van der Waals surface area contributed by atoms with Crippen molar-refractivity contribution in [1.29, 1.82) is 0 Å². The van der Waals surface area contributed by atoms with Crippen LogP contribution in [0.4, 0.5) is 5.69 Å². The second-order valence-corrected chi connectivity index (χ2v) is 6.70. The number of aryl methyl sites for hydroxylation is 1. The van der Waals surface area contributed by atoms with Gasteiger partial charge in [0.25, 0.3) is 0 Å². The van der Waals surface area contributed by atoms with Gasteiger partial charge in [-0.05, 0) is 56.7 Å². The number of carbonyl (C=O) groups is 1. The standard InChI is InChI=1S/C18H26N2O3.ClH/c1-12-4-7-16(20-18(21)13-5-6-14(19)10-13)17(9-12)23-11-15-3-2-8-22-15;/h4,7,9,13-15H,2-3,5-6,8,10-11,19H2,1H3,(H,20,21);1H. The summed E-state index contributed by atoms with van der Waals surface area (Å²) in [5.41, 5.74) is 7.75. The fourth-order valence-electron chi connectivity index (χ4n) is 3.30. The Morgan fingerprint density at radius 3 is 2.88 bits per heavy atom. The number of ether oxygens (including phenoxy) is 2. The lowest BCUT2D eigenvalue weighted by atomic mass is 10.1. The van der Waals surface area contributed by atoms with Gasteiger partial charge in [-0.2, -0.15) is 0 Å². The predicted octanol–water partition coefficient (Wildman–Crippen LogP) is 3.04. The van der Waals surface area contributed by atoms with E-state index < -0.39 is 0 Å². The van der Waals surface area contributed by atoms with E-state index in [-0.39, 0.29) is 36.4 Å². The first-order chi connectivity index (χ1) is 11.1. The van der Waals surface area contributed by atoms with Crippen LogP contribution in [-0.4, -0.2) is 31.3 Å². The van der Waals surface area contributed by atoms with Gasteiger partial charge in [-0.25, -0.2) is 0 Å². The molecule has 24 heavy (non-hydrogen) atoms. The number of anilines is 1. The van der Waals surface area contributed by atoms with E-state index in [1.165, 1.54) is 0 Å². The van der Waals surface area contributed by atoms with Gasteiger partial charge in [-0.3, -0.25) is 4.79 Å². The van der Waals surface area contributed by atoms with E-state index in [4.69, 9.17) is 15.2 Å². The first-order valence-electron chi connectivity index (χ1n) is 8.53. The van der Waals surface area contributed by atoms with Crippen LogP contribution in [0.1, 0.15) is 37.7 Å². The summed E-state index contributed by atoms with van der Waals surface area (Å²) in [5, 5.41) is 3.02. The quantitative estimate of drug-likeness (QED) is 0.852. The monoisotopic (exact) mass is 354 g/mol. The van der Waals surface area contributed by atoms with E-state index in [9.17, 15) is 4.79 Å². The summed E-state index contributed by atoms with van der Waals surface area (Å²) in [6.45, 7) is 3.36. The van der Waals surface area contributed by atoms with Crippen LogP contribution in [0.2, 0.25) is 0 Å². The summed E-state index contributed by atoms with van der Waals surface area (Å²) in [5.74, 6) is 0.775. The molecule has 3 unspecified atom stereocenters. The van der Waals surface area contributed by atoms with Crippen LogP contribution in [0, 0.1) is 12.8 Å². The Bertz CT molecular complexity index is 561. The van der Waals surface area contributed by atoms with Crippen molar-refractivity contribution < 1.29 is 14.3 Å². The molecule has 1 aliphatic carbocycles. The van der Waals surface area contributed by atoms with Crippen molar-refractivity contribution in [1.82, 2.24) is 0 Å². The highest BCUT2D eigenvalue weighted by Crippen LogP contribution is 2.30. The van der Waals surface area contributed by atoms with Crippen LogP contribution in [0.5, 0.6) is 5.75 Å². The van der Waals surface area contributed by atoms with Crippen molar-refractivity contribution in [3.8, 4) is 5.75 Å². The zero-order valence-corrected chi connectivity index (χ0v) is 14.9. The summed E-state index contributed by atoms with van der Waals surface area (Å²) < 4.78 is 11.5. The SMILES string of the molecule is Cc1ccc(NC(=O)C2CCC(N)C2)c(OCC2CCCO2)c1.Cl. The second kappa shape index (κ2) is 8.70. The van der Waals surface area contributed by atoms with Gasteiger partial charge in [0.2, 0.25) is 5.91 Å². The van der Waals surface area contributed by atoms with Crippen LogP contribution in [0.25, 0.3) is 0 Å². The molecular weight excluding hydrogens is 328 g/mol. The number of hydrogen-bond acceptors (Lipinski definition) is 4. The van der Waals surface area contributed by atoms with Crippen LogP contribution in [0.15, 0.2) is 18.2 Å². The van der Waals surface area contributed by atoms with Gasteiger partial charge in [-0.15, -0.1) is 12.4 Å². The lowest BCUT2D eigenvalue weighted by Crippen LogP contribution is -2.24. The molecule has 0 spiro atoms. The van der Waals surface area contributed by atoms with Crippen molar-refractivity contribution in [3.05, 3.63) is 23.8 Å². The van der Waals surface area contributed by atoms with E-state index in [1.807, 2.05) is 25.1 Å². The first-order valence-corrected chi connectivity index (χ1v) is 8.53. The Morgan fingerprint density at radius 1 is 1.38 bits per heavy atom. The topological polar surface area (TPSA) is 73.6 Å². The zero-order chi connectivity index (χ0) is 16.2. The molecule has 0 aromatic heterocycles. The fourth-order valence-corrected chi connectivity index (χ4v) is 3.30. The number of nitrogens with one attached hydrogen (secondary N) is 1. The van der Waals surface area contributed by atoms with Crippen molar-refractivity contribution in [2.75, 3.05) is 18.5 Å². The molecule has 0 bridgehead atoms. The molecule has 3 rings (SSSR count). The molecular formula is C18H27ClN2O3. The van der Waals surface area contributed by atoms with E-state index in [0.29, 0.717) is 6.61 Å². The van der Waals surface area contributed by atoms with Gasteiger partial charge in [0.05, 0.1) is 11.8 Å². The number of hydrogen-bond donors (Lipinski definition) is 2. The molecule has 2 fully saturated rings. The van der Waals surface area contributed by atoms with Crippen molar-refractivity contribution in [2.45, 2.75) is 51.2 Å². The fraction of sp³-hybridized carbons (Fsp3) is 0.611. The molecule has 1 saturated carbocycles. The normalized spacial score (nSPS) is 26.0. The van der Waals surface area contributed by atoms with Crippen molar-refractivity contribution >= 4 is 24.0 Å². The Labute approximate surface area is 149 Å². The number of rotatable bonds is 5. The number of amides is 1. The second-order valence-electron chi connectivity index (χ2n) is 6.70. The third-order valence-electron chi connectivity index (χ3n) is 4.69. The smallest absolute Gasteiger partial charge is 0.227 e. The lowest BCUT2D eigenvalue weighted by Gasteiger charge is -2.17. The molecule has 2 aliphatic rings. The predicted molar refractivity (Wildman–Crippen MR) is 96.8 cm³/mol. The molecule has 1 saturated heterocycles. The number of carbonyl (C=O) groups excluding carboxylic acids is 1. The summed E-state index contributed by atoms with van der Waals surface area (Å²) in [4.78, 5) is 12.4. The maximum absolute atomic E-state index is 12.4. The number of benzene rings is 1. The Hall–Kier alpha value is -1.30. The minimum atomic E-state index is 0. The number of nitrogens with two attached hydrogens (primary N) is 1. The van der Waals surface area contributed by atoms with E-state index in [1.54, 1.807) is 0 Å². The van der Waals surface area contributed by atoms with Crippen molar-refractivity contribution in [2.24, 2.45) is 11.7 Å². The zero-order valence-electron chi connectivity index (χ0n) is 14.1. The largest absolute Gasteiger partial charge is 0.489 e. The van der Waals surface area contributed by atoms with Gasteiger partial charge in [-0.1, -0.05) is 6.07 Å². The molecule has 1 amide bonds. The summed E-state index contributed by atoms with van der Waals surface area (Å²) in [7, 11) is 0. The highest BCUT2D eigenvalue weighted by Gasteiger charge is 2.28. The number of halogens is 1. The molecule has 1 aromatic carbocycles. The van der Waals surface area contributed by atoms with Gasteiger partial charge in [0, 0.05) is 18.6 Å². The minimum Gasteiger partial charge on any atom is -0.489 e. The molecule has 3 atom stereocenters. The van der Waals surface area contributed by atoms with E-state index >= 15 is 0 Å². The Kier molecular flexibility index (Phi) is 6.90. The Balaban J connectivity index is 0.00000208. The maximum atomic E-state index is 12.4. The van der Waals surface area contributed by atoms with Crippen LogP contribution in [-0.2, 0) is 9.53 Å². The summed E-state index contributed by atoms with van der Waals surface area (Å²) in [6.07, 6.45) is 4.84. The van der Waals surface area contributed by atoms with Crippen LogP contribution >= 0.6 is 12.4 Å². The van der Waals surface area contributed by atoms with Gasteiger partial charge < -0.3 is 20.5 Å². The van der Waals surface area contributed by atoms with E-state index in [0.717, 1.165) is 55.7 Å².